The lowest BCUT2D eigenvalue weighted by Gasteiger charge is -2.27. The van der Waals surface area contributed by atoms with E-state index in [1.54, 1.807) is 9.80 Å². The largest absolute Gasteiger partial charge is 0.378 e. The molecule has 0 saturated carbocycles. The summed E-state index contributed by atoms with van der Waals surface area (Å²) in [4.78, 5) is 15.3. The standard InChI is InChI=1S/C15H19F2N3O2/c16-12-9-11(18-15(21)20-5-7-22-8-6-20)10-13(17)14(12)19-3-1-2-4-19/h9-10H,1-8H2,(H,18,21). The zero-order valence-electron chi connectivity index (χ0n) is 12.3. The van der Waals surface area contributed by atoms with Gasteiger partial charge in [-0.1, -0.05) is 0 Å². The van der Waals surface area contributed by atoms with Crippen molar-refractivity contribution in [2.45, 2.75) is 12.8 Å². The lowest BCUT2D eigenvalue weighted by Crippen LogP contribution is -2.43. The molecule has 2 amide bonds. The van der Waals surface area contributed by atoms with Gasteiger partial charge in [0.1, 0.15) is 5.69 Å². The van der Waals surface area contributed by atoms with Crippen LogP contribution in [0.5, 0.6) is 0 Å². The van der Waals surface area contributed by atoms with Gasteiger partial charge in [0, 0.05) is 31.9 Å². The maximum Gasteiger partial charge on any atom is 0.322 e. The number of carbonyl (C=O) groups is 1. The van der Waals surface area contributed by atoms with Crippen LogP contribution in [0, 0.1) is 11.6 Å². The highest BCUT2D eigenvalue weighted by atomic mass is 19.1. The quantitative estimate of drug-likeness (QED) is 0.912. The molecule has 120 valence electrons. The van der Waals surface area contributed by atoms with E-state index in [4.69, 9.17) is 4.74 Å². The third-order valence-electron chi connectivity index (χ3n) is 3.99. The monoisotopic (exact) mass is 311 g/mol. The molecule has 2 fully saturated rings. The second-order valence-electron chi connectivity index (χ2n) is 5.51. The van der Waals surface area contributed by atoms with Gasteiger partial charge >= 0.3 is 6.03 Å². The highest BCUT2D eigenvalue weighted by Gasteiger charge is 2.22. The van der Waals surface area contributed by atoms with Crippen LogP contribution in [0.2, 0.25) is 0 Å². The summed E-state index contributed by atoms with van der Waals surface area (Å²) in [7, 11) is 0. The molecule has 0 bridgehead atoms. The zero-order chi connectivity index (χ0) is 15.5. The van der Waals surface area contributed by atoms with Crippen molar-refractivity contribution in [3.05, 3.63) is 23.8 Å². The summed E-state index contributed by atoms with van der Waals surface area (Å²) in [5.74, 6) is -1.28. The van der Waals surface area contributed by atoms with E-state index in [0.717, 1.165) is 12.8 Å². The smallest absolute Gasteiger partial charge is 0.322 e. The number of ether oxygens (including phenoxy) is 1. The minimum atomic E-state index is -0.640. The van der Waals surface area contributed by atoms with Crippen molar-refractivity contribution in [1.82, 2.24) is 4.90 Å². The molecule has 2 aliphatic heterocycles. The maximum atomic E-state index is 14.2. The van der Waals surface area contributed by atoms with E-state index in [9.17, 15) is 13.6 Å². The topological polar surface area (TPSA) is 44.8 Å². The predicted octanol–water partition coefficient (Wildman–Crippen LogP) is 2.43. The average molecular weight is 311 g/mol. The first-order chi connectivity index (χ1) is 10.6. The van der Waals surface area contributed by atoms with Crippen LogP contribution in [0.1, 0.15) is 12.8 Å². The van der Waals surface area contributed by atoms with Gasteiger partial charge < -0.3 is 19.9 Å². The van der Waals surface area contributed by atoms with Gasteiger partial charge in [-0.3, -0.25) is 0 Å². The SMILES string of the molecule is O=C(Nc1cc(F)c(N2CCCC2)c(F)c1)N1CCOCC1. The Morgan fingerprint density at radius 3 is 2.23 bits per heavy atom. The number of hydrogen-bond donors (Lipinski definition) is 1. The number of anilines is 2. The number of nitrogens with zero attached hydrogens (tertiary/aromatic N) is 2. The first kappa shape index (κ1) is 15.0. The van der Waals surface area contributed by atoms with Crippen molar-refractivity contribution < 1.29 is 18.3 Å². The summed E-state index contributed by atoms with van der Waals surface area (Å²) < 4.78 is 33.5. The van der Waals surface area contributed by atoms with Gasteiger partial charge in [0.05, 0.1) is 13.2 Å². The first-order valence-corrected chi connectivity index (χ1v) is 7.53. The number of hydrogen-bond acceptors (Lipinski definition) is 3. The van der Waals surface area contributed by atoms with E-state index in [2.05, 4.69) is 5.32 Å². The van der Waals surface area contributed by atoms with Crippen LogP contribution in [-0.4, -0.2) is 50.3 Å². The minimum Gasteiger partial charge on any atom is -0.378 e. The zero-order valence-corrected chi connectivity index (χ0v) is 12.3. The van der Waals surface area contributed by atoms with Gasteiger partial charge in [0.25, 0.3) is 0 Å². The van der Waals surface area contributed by atoms with Crippen LogP contribution in [0.4, 0.5) is 25.0 Å². The van der Waals surface area contributed by atoms with Gasteiger partial charge in [-0.05, 0) is 25.0 Å². The van der Waals surface area contributed by atoms with Crippen LogP contribution >= 0.6 is 0 Å². The van der Waals surface area contributed by atoms with Crippen LogP contribution in [0.25, 0.3) is 0 Å². The van der Waals surface area contributed by atoms with Crippen LogP contribution in [0.15, 0.2) is 12.1 Å². The van der Waals surface area contributed by atoms with Crippen LogP contribution < -0.4 is 10.2 Å². The van der Waals surface area contributed by atoms with Crippen molar-refractivity contribution in [2.75, 3.05) is 49.6 Å². The highest BCUT2D eigenvalue weighted by Crippen LogP contribution is 2.29. The number of morpholine rings is 1. The molecular formula is C15H19F2N3O2. The Morgan fingerprint density at radius 1 is 1.05 bits per heavy atom. The van der Waals surface area contributed by atoms with Crippen molar-refractivity contribution in [2.24, 2.45) is 0 Å². The van der Waals surface area contributed by atoms with Gasteiger partial charge in [0.15, 0.2) is 11.6 Å². The minimum absolute atomic E-state index is 0.00173. The maximum absolute atomic E-state index is 14.2. The van der Waals surface area contributed by atoms with E-state index in [-0.39, 0.29) is 17.4 Å². The van der Waals surface area contributed by atoms with Crippen LogP contribution in [0.3, 0.4) is 0 Å². The van der Waals surface area contributed by atoms with Gasteiger partial charge in [-0.25, -0.2) is 13.6 Å². The van der Waals surface area contributed by atoms with E-state index in [1.807, 2.05) is 0 Å². The number of urea groups is 1. The molecule has 1 N–H and O–H groups in total. The Balaban J connectivity index is 1.73. The molecule has 1 aromatic rings. The molecule has 0 radical (unpaired) electrons. The van der Waals surface area contributed by atoms with Gasteiger partial charge in [0.2, 0.25) is 0 Å². The number of carbonyl (C=O) groups excluding carboxylic acids is 1. The third-order valence-corrected chi connectivity index (χ3v) is 3.99. The third kappa shape index (κ3) is 3.14. The molecule has 0 atom stereocenters. The van der Waals surface area contributed by atoms with Gasteiger partial charge in [-0.2, -0.15) is 0 Å². The average Bonchev–Trinajstić information content (AvgIpc) is 3.01. The molecule has 3 rings (SSSR count). The molecule has 7 heteroatoms. The Hall–Kier alpha value is -1.89. The number of benzene rings is 1. The Bertz CT molecular complexity index is 533. The van der Waals surface area contributed by atoms with Crippen LogP contribution in [-0.2, 0) is 4.74 Å². The first-order valence-electron chi connectivity index (χ1n) is 7.53. The van der Waals surface area contributed by atoms with E-state index in [1.165, 1.54) is 12.1 Å². The molecule has 0 spiro atoms. The Labute approximate surface area is 127 Å². The fourth-order valence-electron chi connectivity index (χ4n) is 2.85. The predicted molar refractivity (Wildman–Crippen MR) is 79.2 cm³/mol. The van der Waals surface area contributed by atoms with E-state index < -0.39 is 11.6 Å². The number of rotatable bonds is 2. The molecule has 0 aliphatic carbocycles. The normalized spacial score (nSPS) is 18.6. The summed E-state index contributed by atoms with van der Waals surface area (Å²) in [6.07, 6.45) is 1.88. The summed E-state index contributed by atoms with van der Waals surface area (Å²) in [5, 5.41) is 2.54. The van der Waals surface area contributed by atoms with Crippen molar-refractivity contribution in [1.29, 1.82) is 0 Å². The number of amides is 2. The molecule has 1 aromatic carbocycles. The molecule has 5 nitrogen and oxygen atoms in total. The molecule has 22 heavy (non-hydrogen) atoms. The van der Waals surface area contributed by atoms with Crippen molar-refractivity contribution in [3.63, 3.8) is 0 Å². The fourth-order valence-corrected chi connectivity index (χ4v) is 2.85. The Morgan fingerprint density at radius 2 is 1.64 bits per heavy atom. The van der Waals surface area contributed by atoms with Crippen molar-refractivity contribution >= 4 is 17.4 Å². The molecule has 2 heterocycles. The highest BCUT2D eigenvalue weighted by molar-refractivity contribution is 5.89. The molecule has 2 saturated heterocycles. The lowest BCUT2D eigenvalue weighted by molar-refractivity contribution is 0.0564. The van der Waals surface area contributed by atoms with Crippen molar-refractivity contribution in [3.8, 4) is 0 Å². The summed E-state index contributed by atoms with van der Waals surface area (Å²) >= 11 is 0. The lowest BCUT2D eigenvalue weighted by atomic mass is 10.2. The summed E-state index contributed by atoms with van der Waals surface area (Å²) in [6, 6.07) is 1.99. The molecule has 0 unspecified atom stereocenters. The Kier molecular flexibility index (Phi) is 4.42. The number of nitrogens with one attached hydrogen (secondary N) is 1. The molecule has 2 aliphatic rings. The second kappa shape index (κ2) is 6.48. The fraction of sp³-hybridized carbons (Fsp3) is 0.533. The molecule has 0 aromatic heterocycles. The van der Waals surface area contributed by atoms with E-state index in [0.29, 0.717) is 39.4 Å². The van der Waals surface area contributed by atoms with Gasteiger partial charge in [-0.15, -0.1) is 0 Å². The number of halogens is 2. The van der Waals surface area contributed by atoms with E-state index >= 15 is 0 Å². The summed E-state index contributed by atoms with van der Waals surface area (Å²) in [5.41, 5.74) is 0.135. The second-order valence-corrected chi connectivity index (χ2v) is 5.51. The molecular weight excluding hydrogens is 292 g/mol. The summed E-state index contributed by atoms with van der Waals surface area (Å²) in [6.45, 7) is 3.22.